The van der Waals surface area contributed by atoms with E-state index in [1.54, 1.807) is 18.2 Å². The van der Waals surface area contributed by atoms with Gasteiger partial charge in [0.1, 0.15) is 0 Å². The molecule has 2 rings (SSSR count). The van der Waals surface area contributed by atoms with Crippen LogP contribution in [0.5, 0.6) is 0 Å². The molecule has 0 aliphatic heterocycles. The highest BCUT2D eigenvalue weighted by Crippen LogP contribution is 2.28. The van der Waals surface area contributed by atoms with E-state index in [0.717, 1.165) is 31.2 Å². The first-order chi connectivity index (χ1) is 9.94. The Labute approximate surface area is 136 Å². The maximum absolute atomic E-state index is 12.5. The van der Waals surface area contributed by atoms with E-state index in [1.165, 1.54) is 12.8 Å². The summed E-state index contributed by atoms with van der Waals surface area (Å²) >= 11 is 11.2. The predicted molar refractivity (Wildman–Crippen MR) is 90.9 cm³/mol. The molecule has 3 N–H and O–H groups in total. The van der Waals surface area contributed by atoms with Crippen LogP contribution in [0, 0.1) is 6.92 Å². The molecule has 21 heavy (non-hydrogen) atoms. The van der Waals surface area contributed by atoms with Crippen molar-refractivity contribution in [2.24, 2.45) is 5.73 Å². The highest BCUT2D eigenvalue weighted by molar-refractivity contribution is 7.80. The minimum Gasteiger partial charge on any atom is -0.391 e. The molecular weight excluding hydrogens is 304 g/mol. The van der Waals surface area contributed by atoms with Gasteiger partial charge in [-0.05, 0) is 43.5 Å². The predicted octanol–water partition coefficient (Wildman–Crippen LogP) is 3.76. The van der Waals surface area contributed by atoms with Crippen molar-refractivity contribution in [3.63, 3.8) is 0 Å². The summed E-state index contributed by atoms with van der Waals surface area (Å²) in [5, 5.41) is 3.74. The van der Waals surface area contributed by atoms with E-state index < -0.39 is 5.54 Å². The van der Waals surface area contributed by atoms with Crippen molar-refractivity contribution in [2.45, 2.75) is 51.0 Å². The van der Waals surface area contributed by atoms with E-state index in [2.05, 4.69) is 5.32 Å². The summed E-state index contributed by atoms with van der Waals surface area (Å²) in [5.74, 6) is -0.135. The van der Waals surface area contributed by atoms with E-state index in [9.17, 15) is 4.79 Å². The van der Waals surface area contributed by atoms with Crippen molar-refractivity contribution < 1.29 is 4.79 Å². The van der Waals surface area contributed by atoms with Gasteiger partial charge in [-0.2, -0.15) is 0 Å². The smallest absolute Gasteiger partial charge is 0.252 e. The first-order valence-electron chi connectivity index (χ1n) is 7.33. The largest absolute Gasteiger partial charge is 0.391 e. The summed E-state index contributed by atoms with van der Waals surface area (Å²) in [7, 11) is 0. The minimum absolute atomic E-state index is 0.135. The molecule has 0 heterocycles. The molecule has 0 radical (unpaired) electrons. The van der Waals surface area contributed by atoms with Crippen LogP contribution in [0.3, 0.4) is 0 Å². The summed E-state index contributed by atoms with van der Waals surface area (Å²) in [6, 6.07) is 5.27. The summed E-state index contributed by atoms with van der Waals surface area (Å²) in [6.45, 7) is 1.88. The fourth-order valence-corrected chi connectivity index (χ4v) is 3.21. The van der Waals surface area contributed by atoms with Gasteiger partial charge in [-0.3, -0.25) is 4.79 Å². The molecule has 0 bridgehead atoms. The monoisotopic (exact) mass is 324 g/mol. The molecule has 1 saturated carbocycles. The zero-order valence-corrected chi connectivity index (χ0v) is 13.8. The van der Waals surface area contributed by atoms with Crippen LogP contribution in [-0.4, -0.2) is 16.4 Å². The van der Waals surface area contributed by atoms with Crippen LogP contribution in [0.1, 0.15) is 54.4 Å². The van der Waals surface area contributed by atoms with Gasteiger partial charge in [-0.1, -0.05) is 49.5 Å². The van der Waals surface area contributed by atoms with E-state index in [0.29, 0.717) is 15.6 Å². The first-order valence-corrected chi connectivity index (χ1v) is 8.12. The quantitative estimate of drug-likeness (QED) is 0.657. The third-order valence-electron chi connectivity index (χ3n) is 4.20. The number of thiocarbonyl (C=S) groups is 1. The lowest BCUT2D eigenvalue weighted by Crippen LogP contribution is -2.56. The highest BCUT2D eigenvalue weighted by Gasteiger charge is 2.35. The lowest BCUT2D eigenvalue weighted by molar-refractivity contribution is 0.0917. The second-order valence-electron chi connectivity index (χ2n) is 5.78. The first kappa shape index (κ1) is 16.2. The van der Waals surface area contributed by atoms with Crippen molar-refractivity contribution in [1.29, 1.82) is 0 Å². The average molecular weight is 325 g/mol. The number of benzene rings is 1. The van der Waals surface area contributed by atoms with Crippen LogP contribution in [0.2, 0.25) is 5.02 Å². The molecule has 114 valence electrons. The van der Waals surface area contributed by atoms with E-state index in [1.807, 2.05) is 6.92 Å². The molecule has 0 atom stereocenters. The number of carbonyl (C=O) groups excluding carboxylic acids is 1. The van der Waals surface area contributed by atoms with Crippen LogP contribution in [-0.2, 0) is 0 Å². The molecule has 1 amide bonds. The third-order valence-corrected chi connectivity index (χ3v) is 5.02. The van der Waals surface area contributed by atoms with Gasteiger partial charge in [0.25, 0.3) is 5.91 Å². The van der Waals surface area contributed by atoms with Crippen LogP contribution >= 0.6 is 23.8 Å². The second-order valence-corrected chi connectivity index (χ2v) is 6.63. The molecule has 1 aromatic carbocycles. The zero-order chi connectivity index (χ0) is 15.5. The molecule has 1 fully saturated rings. The number of carbonyl (C=O) groups is 1. The number of nitrogens with two attached hydrogens (primary N) is 1. The number of hydrogen-bond acceptors (Lipinski definition) is 2. The lowest BCUT2D eigenvalue weighted by Gasteiger charge is -2.33. The SMILES string of the molecule is Cc1cc(C(=O)NC2(C(N)=S)CCCCCC2)ccc1Cl. The van der Waals surface area contributed by atoms with Crippen molar-refractivity contribution in [3.8, 4) is 0 Å². The summed E-state index contributed by atoms with van der Waals surface area (Å²) in [6.07, 6.45) is 6.05. The maximum atomic E-state index is 12.5. The Bertz CT molecular complexity index is 551. The number of rotatable bonds is 3. The number of nitrogens with one attached hydrogen (secondary N) is 1. The number of amides is 1. The third kappa shape index (κ3) is 3.74. The van der Waals surface area contributed by atoms with Crippen LogP contribution in [0.25, 0.3) is 0 Å². The van der Waals surface area contributed by atoms with Crippen LogP contribution in [0.4, 0.5) is 0 Å². The lowest BCUT2D eigenvalue weighted by atomic mass is 9.89. The molecule has 1 aromatic rings. The topological polar surface area (TPSA) is 55.1 Å². The molecule has 1 aliphatic carbocycles. The van der Waals surface area contributed by atoms with Crippen molar-refractivity contribution in [3.05, 3.63) is 34.3 Å². The Morgan fingerprint density at radius 2 is 1.90 bits per heavy atom. The second kappa shape index (κ2) is 6.75. The fraction of sp³-hybridized carbons (Fsp3) is 0.500. The average Bonchev–Trinajstić information content (AvgIpc) is 2.68. The van der Waals surface area contributed by atoms with Gasteiger partial charge in [0.15, 0.2) is 0 Å². The maximum Gasteiger partial charge on any atom is 0.252 e. The van der Waals surface area contributed by atoms with Gasteiger partial charge < -0.3 is 11.1 Å². The Morgan fingerprint density at radius 1 is 1.29 bits per heavy atom. The molecule has 3 nitrogen and oxygen atoms in total. The van der Waals surface area contributed by atoms with Gasteiger partial charge >= 0.3 is 0 Å². The summed E-state index contributed by atoms with van der Waals surface area (Å²) < 4.78 is 0. The Balaban J connectivity index is 2.21. The Kier molecular flexibility index (Phi) is 5.22. The molecule has 0 saturated heterocycles. The van der Waals surface area contributed by atoms with Gasteiger partial charge in [0.05, 0.1) is 10.5 Å². The van der Waals surface area contributed by atoms with E-state index in [-0.39, 0.29) is 5.91 Å². The molecule has 0 aromatic heterocycles. The van der Waals surface area contributed by atoms with Crippen molar-refractivity contribution in [2.75, 3.05) is 0 Å². The Morgan fingerprint density at radius 3 is 2.43 bits per heavy atom. The molecule has 5 heteroatoms. The summed E-state index contributed by atoms with van der Waals surface area (Å²) in [4.78, 5) is 12.9. The molecule has 1 aliphatic rings. The standard InChI is InChI=1S/C16H21ClN2OS/c1-11-10-12(6-7-13(11)17)14(20)19-16(15(18)21)8-4-2-3-5-9-16/h6-7,10H,2-5,8-9H2,1H3,(H2,18,21)(H,19,20). The molecule has 0 spiro atoms. The Hall–Kier alpha value is -1.13. The van der Waals surface area contributed by atoms with Crippen molar-refractivity contribution >= 4 is 34.7 Å². The van der Waals surface area contributed by atoms with Gasteiger partial charge in [-0.15, -0.1) is 0 Å². The normalized spacial score (nSPS) is 17.8. The molecule has 0 unspecified atom stereocenters. The number of aryl methyl sites for hydroxylation is 1. The number of hydrogen-bond donors (Lipinski definition) is 2. The van der Waals surface area contributed by atoms with Gasteiger partial charge in [0.2, 0.25) is 0 Å². The highest BCUT2D eigenvalue weighted by atomic mass is 35.5. The summed E-state index contributed by atoms with van der Waals surface area (Å²) in [5.41, 5.74) is 6.88. The van der Waals surface area contributed by atoms with Crippen LogP contribution < -0.4 is 11.1 Å². The van der Waals surface area contributed by atoms with Gasteiger partial charge in [0, 0.05) is 10.6 Å². The van der Waals surface area contributed by atoms with E-state index >= 15 is 0 Å². The van der Waals surface area contributed by atoms with Crippen molar-refractivity contribution in [1.82, 2.24) is 5.32 Å². The fourth-order valence-electron chi connectivity index (χ4n) is 2.84. The minimum atomic E-state index is -0.545. The van der Waals surface area contributed by atoms with Crippen LogP contribution in [0.15, 0.2) is 18.2 Å². The van der Waals surface area contributed by atoms with E-state index in [4.69, 9.17) is 29.6 Å². The zero-order valence-electron chi connectivity index (χ0n) is 12.2. The number of halogens is 1. The molecular formula is C16H21ClN2OS. The van der Waals surface area contributed by atoms with Gasteiger partial charge in [-0.25, -0.2) is 0 Å².